The van der Waals surface area contributed by atoms with Gasteiger partial charge in [0.15, 0.2) is 0 Å². The summed E-state index contributed by atoms with van der Waals surface area (Å²) < 4.78 is 8.38. The molecule has 0 spiro atoms. The number of anilines is 1. The molecule has 0 aliphatic heterocycles. The van der Waals surface area contributed by atoms with Crippen molar-refractivity contribution in [1.82, 2.24) is 9.13 Å². The predicted octanol–water partition coefficient (Wildman–Crippen LogP) is 2.41. The molecule has 2 aromatic carbocycles. The van der Waals surface area contributed by atoms with E-state index in [2.05, 4.69) is 21.2 Å². The normalized spacial score (nSPS) is 10.4. The van der Waals surface area contributed by atoms with Crippen LogP contribution in [0.4, 0.5) is 5.69 Å². The van der Waals surface area contributed by atoms with Gasteiger partial charge in [-0.1, -0.05) is 28.1 Å². The topological polar surface area (TPSA) is 82.3 Å². The first-order valence-electron chi connectivity index (χ1n) is 8.00. The van der Waals surface area contributed by atoms with Crippen molar-refractivity contribution in [2.45, 2.75) is 6.54 Å². The number of carbonyl (C=O) groups is 1. The van der Waals surface area contributed by atoms with E-state index < -0.39 is 17.0 Å². The van der Waals surface area contributed by atoms with E-state index >= 15 is 0 Å². The van der Waals surface area contributed by atoms with E-state index in [0.29, 0.717) is 17.1 Å². The van der Waals surface area contributed by atoms with Gasteiger partial charge in [0, 0.05) is 22.6 Å². The van der Waals surface area contributed by atoms with Gasteiger partial charge in [-0.25, -0.2) is 0 Å². The molecule has 0 aliphatic rings. The van der Waals surface area contributed by atoms with Crippen LogP contribution in [0.15, 0.2) is 75.0 Å². The molecule has 7 nitrogen and oxygen atoms in total. The zero-order valence-corrected chi connectivity index (χ0v) is 16.0. The van der Waals surface area contributed by atoms with Crippen molar-refractivity contribution in [2.24, 2.45) is 0 Å². The lowest BCUT2D eigenvalue weighted by Gasteiger charge is -2.12. The molecule has 0 atom stereocenters. The van der Waals surface area contributed by atoms with Gasteiger partial charge in [0.25, 0.3) is 0 Å². The molecule has 138 valence electrons. The Hall–Kier alpha value is -3.13. The van der Waals surface area contributed by atoms with E-state index in [4.69, 9.17) is 4.74 Å². The minimum absolute atomic E-state index is 0.267. The minimum Gasteiger partial charge on any atom is -0.495 e. The Balaban J connectivity index is 1.85. The lowest BCUT2D eigenvalue weighted by molar-refractivity contribution is -0.116. The molecule has 0 saturated heterocycles. The number of amides is 1. The Morgan fingerprint density at radius 1 is 1.04 bits per heavy atom. The summed E-state index contributed by atoms with van der Waals surface area (Å²) in [6.45, 7) is -0.267. The van der Waals surface area contributed by atoms with Gasteiger partial charge in [0.05, 0.1) is 12.8 Å². The summed E-state index contributed by atoms with van der Waals surface area (Å²) in [5, 5.41) is 2.68. The summed E-state index contributed by atoms with van der Waals surface area (Å²) in [6.07, 6.45) is 2.84. The summed E-state index contributed by atoms with van der Waals surface area (Å²) in [4.78, 5) is 37.0. The summed E-state index contributed by atoms with van der Waals surface area (Å²) in [5.41, 5.74) is -0.514. The monoisotopic (exact) mass is 429 g/mol. The van der Waals surface area contributed by atoms with Crippen LogP contribution in [-0.4, -0.2) is 22.2 Å². The zero-order chi connectivity index (χ0) is 19.4. The number of halogens is 1. The van der Waals surface area contributed by atoms with Crippen LogP contribution in [0.5, 0.6) is 5.75 Å². The third kappa shape index (κ3) is 4.17. The number of para-hydroxylation sites is 2. The molecule has 1 aromatic heterocycles. The summed E-state index contributed by atoms with van der Waals surface area (Å²) in [5.74, 6) is 0.0543. The van der Waals surface area contributed by atoms with Crippen LogP contribution in [-0.2, 0) is 11.3 Å². The molecule has 3 rings (SSSR count). The Labute approximate surface area is 163 Å². The number of aromatic nitrogens is 2. The SMILES string of the molecule is COc1ccccc1-n1ccn(CC(=O)Nc2ccc(Br)cc2)c(=O)c1=O. The zero-order valence-electron chi connectivity index (χ0n) is 14.4. The Morgan fingerprint density at radius 3 is 2.44 bits per heavy atom. The average Bonchev–Trinajstić information content (AvgIpc) is 2.67. The maximum atomic E-state index is 12.5. The molecule has 0 radical (unpaired) electrons. The minimum atomic E-state index is -0.797. The standard InChI is InChI=1S/C19H16BrN3O4/c1-27-16-5-3-2-4-15(16)23-11-10-22(18(25)19(23)26)12-17(24)21-14-8-6-13(20)7-9-14/h2-11H,12H2,1H3,(H,21,24). The quantitative estimate of drug-likeness (QED) is 0.631. The van der Waals surface area contributed by atoms with Crippen LogP contribution >= 0.6 is 15.9 Å². The van der Waals surface area contributed by atoms with Gasteiger partial charge in [0.1, 0.15) is 12.3 Å². The Kier molecular flexibility index (Phi) is 5.56. The van der Waals surface area contributed by atoms with E-state index in [1.54, 1.807) is 48.5 Å². The first kappa shape index (κ1) is 18.7. The number of hydrogen-bond acceptors (Lipinski definition) is 4. The molecule has 0 saturated carbocycles. The molecule has 0 aliphatic carbocycles. The van der Waals surface area contributed by atoms with Crippen LogP contribution in [0.2, 0.25) is 0 Å². The largest absolute Gasteiger partial charge is 0.495 e. The van der Waals surface area contributed by atoms with Gasteiger partial charge >= 0.3 is 11.1 Å². The fourth-order valence-electron chi connectivity index (χ4n) is 2.54. The first-order valence-corrected chi connectivity index (χ1v) is 8.80. The third-order valence-corrected chi connectivity index (χ3v) is 4.37. The van der Waals surface area contributed by atoms with E-state index in [1.165, 1.54) is 24.1 Å². The Morgan fingerprint density at radius 2 is 1.74 bits per heavy atom. The molecule has 1 amide bonds. The second-order valence-corrected chi connectivity index (χ2v) is 6.55. The van der Waals surface area contributed by atoms with E-state index in [9.17, 15) is 14.4 Å². The lowest BCUT2D eigenvalue weighted by atomic mass is 10.3. The van der Waals surface area contributed by atoms with Gasteiger partial charge in [0.2, 0.25) is 5.91 Å². The molecule has 3 aromatic rings. The van der Waals surface area contributed by atoms with Crippen molar-refractivity contribution in [2.75, 3.05) is 12.4 Å². The van der Waals surface area contributed by atoms with Crippen molar-refractivity contribution in [3.8, 4) is 11.4 Å². The molecule has 0 fully saturated rings. The maximum Gasteiger partial charge on any atom is 0.321 e. The smallest absolute Gasteiger partial charge is 0.321 e. The highest BCUT2D eigenvalue weighted by molar-refractivity contribution is 9.10. The van der Waals surface area contributed by atoms with Crippen LogP contribution in [0.25, 0.3) is 5.69 Å². The number of carbonyl (C=O) groups excluding carboxylic acids is 1. The number of nitrogens with zero attached hydrogens (tertiary/aromatic N) is 2. The fraction of sp³-hybridized carbons (Fsp3) is 0.105. The van der Waals surface area contributed by atoms with Crippen molar-refractivity contribution in [1.29, 1.82) is 0 Å². The maximum absolute atomic E-state index is 12.5. The average molecular weight is 430 g/mol. The van der Waals surface area contributed by atoms with Crippen LogP contribution in [0.1, 0.15) is 0 Å². The van der Waals surface area contributed by atoms with Crippen LogP contribution in [0.3, 0.4) is 0 Å². The number of ether oxygens (including phenoxy) is 1. The number of benzene rings is 2. The molecule has 1 heterocycles. The fourth-order valence-corrected chi connectivity index (χ4v) is 2.80. The van der Waals surface area contributed by atoms with Gasteiger partial charge in [-0.2, -0.15) is 0 Å². The summed E-state index contributed by atoms with van der Waals surface area (Å²) >= 11 is 3.32. The number of nitrogens with one attached hydrogen (secondary N) is 1. The lowest BCUT2D eigenvalue weighted by Crippen LogP contribution is -2.41. The second kappa shape index (κ2) is 8.05. The molecule has 0 unspecified atom stereocenters. The van der Waals surface area contributed by atoms with Gasteiger partial charge in [-0.05, 0) is 36.4 Å². The molecule has 27 heavy (non-hydrogen) atoms. The highest BCUT2D eigenvalue weighted by Gasteiger charge is 2.12. The molecule has 1 N–H and O–H groups in total. The highest BCUT2D eigenvalue weighted by atomic mass is 79.9. The van der Waals surface area contributed by atoms with Gasteiger partial charge in [-0.15, -0.1) is 0 Å². The van der Waals surface area contributed by atoms with E-state index in [-0.39, 0.29) is 6.54 Å². The van der Waals surface area contributed by atoms with Crippen molar-refractivity contribution in [3.63, 3.8) is 0 Å². The molecule has 8 heteroatoms. The predicted molar refractivity (Wildman–Crippen MR) is 106 cm³/mol. The van der Waals surface area contributed by atoms with Gasteiger partial charge in [-0.3, -0.25) is 23.5 Å². The molecular weight excluding hydrogens is 414 g/mol. The second-order valence-electron chi connectivity index (χ2n) is 5.63. The van der Waals surface area contributed by atoms with Crippen molar-refractivity contribution in [3.05, 3.63) is 86.1 Å². The van der Waals surface area contributed by atoms with E-state index in [1.807, 2.05) is 0 Å². The highest BCUT2D eigenvalue weighted by Crippen LogP contribution is 2.19. The number of rotatable bonds is 5. The third-order valence-electron chi connectivity index (χ3n) is 3.84. The summed E-state index contributed by atoms with van der Waals surface area (Å²) in [7, 11) is 1.48. The van der Waals surface area contributed by atoms with Crippen LogP contribution < -0.4 is 21.2 Å². The molecule has 0 bridgehead atoms. The van der Waals surface area contributed by atoms with Gasteiger partial charge < -0.3 is 10.1 Å². The molecular formula is C19H16BrN3O4. The number of methoxy groups -OCH3 is 1. The first-order chi connectivity index (χ1) is 13.0. The van der Waals surface area contributed by atoms with E-state index in [0.717, 1.165) is 9.04 Å². The van der Waals surface area contributed by atoms with Crippen molar-refractivity contribution >= 4 is 27.5 Å². The summed E-state index contributed by atoms with van der Waals surface area (Å²) in [6, 6.07) is 13.9. The van der Waals surface area contributed by atoms with Crippen LogP contribution in [0, 0.1) is 0 Å². The van der Waals surface area contributed by atoms with Crippen molar-refractivity contribution < 1.29 is 9.53 Å². The number of hydrogen-bond donors (Lipinski definition) is 1. The Bertz CT molecular complexity index is 1090.